The summed E-state index contributed by atoms with van der Waals surface area (Å²) in [5.41, 5.74) is -0.816. The summed E-state index contributed by atoms with van der Waals surface area (Å²) in [6.45, 7) is 6.23. The Labute approximate surface area is 182 Å². The molecular formula is C19H26N3O6S2+. The lowest BCUT2D eigenvalue weighted by Gasteiger charge is -2.42. The normalized spacial score (nSPS) is 27.2. The van der Waals surface area contributed by atoms with Gasteiger partial charge in [0.2, 0.25) is 11.4 Å². The molecule has 9 nitrogen and oxygen atoms in total. The third kappa shape index (κ3) is 4.66. The molecule has 1 amide bonds. The van der Waals surface area contributed by atoms with E-state index in [1.807, 2.05) is 18.2 Å². The SMILES string of the molecule is CC(=O)N[C@@H]1C(Sc2cccc3sc([N+](=O)C(C)(C)C)nc23)OC(CO)C(O)C1O. The predicted octanol–water partition coefficient (Wildman–Crippen LogP) is 1.54. The van der Waals surface area contributed by atoms with Crippen LogP contribution >= 0.6 is 23.1 Å². The molecule has 2 heterocycles. The molecule has 0 bridgehead atoms. The van der Waals surface area contributed by atoms with Crippen LogP contribution in [0.4, 0.5) is 5.13 Å². The number of rotatable bonds is 5. The number of aliphatic hydroxyl groups is 3. The molecule has 1 aliphatic heterocycles. The zero-order chi connectivity index (χ0) is 22.2. The summed E-state index contributed by atoms with van der Waals surface area (Å²) >= 11 is 2.48. The van der Waals surface area contributed by atoms with Crippen molar-refractivity contribution < 1.29 is 29.6 Å². The van der Waals surface area contributed by atoms with Crippen molar-refractivity contribution in [1.82, 2.24) is 10.3 Å². The molecule has 4 N–H and O–H groups in total. The summed E-state index contributed by atoms with van der Waals surface area (Å²) in [5, 5.41) is 33.1. The number of amides is 1. The zero-order valence-electron chi connectivity index (χ0n) is 17.1. The molecule has 5 atom stereocenters. The van der Waals surface area contributed by atoms with Gasteiger partial charge in [-0.1, -0.05) is 22.7 Å². The summed E-state index contributed by atoms with van der Waals surface area (Å²) in [6.07, 6.45) is -3.66. The van der Waals surface area contributed by atoms with Crippen molar-refractivity contribution in [1.29, 1.82) is 0 Å². The van der Waals surface area contributed by atoms with Crippen LogP contribution < -0.4 is 5.32 Å². The molecule has 30 heavy (non-hydrogen) atoms. The number of para-hydroxylation sites is 1. The van der Waals surface area contributed by atoms with Gasteiger partial charge in [0.25, 0.3) is 0 Å². The van der Waals surface area contributed by atoms with Crippen LogP contribution in [-0.4, -0.2) is 72.9 Å². The van der Waals surface area contributed by atoms with Gasteiger partial charge in [-0.05, 0) is 54.0 Å². The maximum atomic E-state index is 12.6. The number of thiazole rings is 1. The smallest absolute Gasteiger partial charge is 0.394 e. The molecule has 2 aromatic rings. The number of nitrogens with one attached hydrogen (secondary N) is 1. The van der Waals surface area contributed by atoms with Crippen LogP contribution in [0, 0.1) is 4.91 Å². The van der Waals surface area contributed by atoms with Gasteiger partial charge in [-0.15, -0.1) is 0 Å². The molecule has 4 unspecified atom stereocenters. The Morgan fingerprint density at radius 3 is 2.63 bits per heavy atom. The van der Waals surface area contributed by atoms with Crippen LogP contribution in [0.5, 0.6) is 0 Å². The van der Waals surface area contributed by atoms with E-state index in [1.165, 1.54) is 30.0 Å². The molecule has 1 aromatic carbocycles. The highest BCUT2D eigenvalue weighted by atomic mass is 32.2. The maximum absolute atomic E-state index is 12.6. The third-order valence-electron chi connectivity index (χ3n) is 4.65. The molecule has 1 aliphatic rings. The quantitative estimate of drug-likeness (QED) is 0.498. The first-order chi connectivity index (χ1) is 14.0. The van der Waals surface area contributed by atoms with E-state index in [9.17, 15) is 25.0 Å². The number of benzene rings is 1. The van der Waals surface area contributed by atoms with Gasteiger partial charge in [0.15, 0.2) is 0 Å². The lowest BCUT2D eigenvalue weighted by Crippen LogP contribution is -2.63. The average molecular weight is 457 g/mol. The molecule has 0 spiro atoms. The second-order valence-corrected chi connectivity index (χ2v) is 10.3. The van der Waals surface area contributed by atoms with Gasteiger partial charge in [-0.2, -0.15) is 0 Å². The number of ether oxygens (including phenoxy) is 1. The van der Waals surface area contributed by atoms with E-state index in [0.717, 1.165) is 9.46 Å². The molecule has 0 radical (unpaired) electrons. The van der Waals surface area contributed by atoms with Crippen molar-refractivity contribution in [2.45, 2.75) is 67.9 Å². The number of hydrogen-bond acceptors (Lipinski definition) is 9. The number of carbonyl (C=O) groups excluding carboxylic acids is 1. The van der Waals surface area contributed by atoms with Gasteiger partial charge in [-0.3, -0.25) is 4.79 Å². The Kier molecular flexibility index (Phi) is 6.80. The van der Waals surface area contributed by atoms with E-state index in [0.29, 0.717) is 15.5 Å². The Balaban J connectivity index is 1.95. The maximum Gasteiger partial charge on any atom is 0.422 e. The van der Waals surface area contributed by atoms with Crippen molar-refractivity contribution in [2.75, 3.05) is 6.61 Å². The Hall–Kier alpha value is -1.63. The van der Waals surface area contributed by atoms with E-state index in [4.69, 9.17) is 4.74 Å². The van der Waals surface area contributed by atoms with Crippen LogP contribution in [0.3, 0.4) is 0 Å². The van der Waals surface area contributed by atoms with Gasteiger partial charge < -0.3 is 25.4 Å². The van der Waals surface area contributed by atoms with Crippen molar-refractivity contribution in [3.8, 4) is 0 Å². The highest BCUT2D eigenvalue weighted by Crippen LogP contribution is 2.40. The minimum atomic E-state index is -1.34. The number of carbonyl (C=O) groups is 1. The minimum Gasteiger partial charge on any atom is -0.394 e. The number of fused-ring (bicyclic) bond motifs is 1. The third-order valence-corrected chi connectivity index (χ3v) is 6.86. The first-order valence-electron chi connectivity index (χ1n) is 9.46. The van der Waals surface area contributed by atoms with Gasteiger partial charge in [0.1, 0.15) is 29.3 Å². The Morgan fingerprint density at radius 2 is 2.03 bits per heavy atom. The van der Waals surface area contributed by atoms with Crippen molar-refractivity contribution in [3.63, 3.8) is 0 Å². The summed E-state index contributed by atoms with van der Waals surface area (Å²) in [7, 11) is 0. The van der Waals surface area contributed by atoms with Crippen LogP contribution in [0.25, 0.3) is 10.2 Å². The van der Waals surface area contributed by atoms with Gasteiger partial charge in [0.05, 0.1) is 22.2 Å². The number of hydrogen-bond donors (Lipinski definition) is 4. The molecule has 1 fully saturated rings. The standard InChI is InChI=1S/C19H25N3O6S2/c1-9(24)20-14-16(26)15(25)10(8-23)28-17(14)29-11-6-5-7-12-13(11)21-18(30-12)22(27)19(2,3)4/h5-7,10,14-17,23,25-26H,8H2,1-4H3/p+1/t10?,14-,15?,16?,17?/m0/s1. The summed E-state index contributed by atoms with van der Waals surface area (Å²) in [6, 6.07) is 4.59. The summed E-state index contributed by atoms with van der Waals surface area (Å²) < 4.78 is 7.46. The molecule has 0 aliphatic carbocycles. The van der Waals surface area contributed by atoms with Crippen LogP contribution in [0.15, 0.2) is 23.1 Å². The molecule has 164 valence electrons. The fraction of sp³-hybridized carbons (Fsp3) is 0.579. The predicted molar refractivity (Wildman–Crippen MR) is 114 cm³/mol. The minimum absolute atomic E-state index is 0.331. The number of aromatic nitrogens is 1. The molecule has 1 aromatic heterocycles. The number of aliphatic hydroxyl groups excluding tert-OH is 3. The highest BCUT2D eigenvalue weighted by Gasteiger charge is 2.45. The topological polar surface area (TPSA) is 132 Å². The zero-order valence-corrected chi connectivity index (χ0v) is 18.7. The summed E-state index contributed by atoms with van der Waals surface area (Å²) in [5.74, 6) is -0.385. The van der Waals surface area contributed by atoms with Crippen LogP contribution in [0.1, 0.15) is 27.7 Å². The second-order valence-electron chi connectivity index (χ2n) is 8.12. The van der Waals surface area contributed by atoms with E-state index in [1.54, 1.807) is 20.8 Å². The van der Waals surface area contributed by atoms with E-state index >= 15 is 0 Å². The van der Waals surface area contributed by atoms with Gasteiger partial charge in [0, 0.05) is 6.92 Å². The fourth-order valence-electron chi connectivity index (χ4n) is 3.08. The first-order valence-corrected chi connectivity index (χ1v) is 11.2. The van der Waals surface area contributed by atoms with E-state index in [2.05, 4.69) is 10.3 Å². The lowest BCUT2D eigenvalue weighted by molar-refractivity contribution is -0.539. The first kappa shape index (κ1) is 23.0. The van der Waals surface area contributed by atoms with E-state index < -0.39 is 41.9 Å². The second kappa shape index (κ2) is 8.85. The number of thioether (sulfide) groups is 1. The van der Waals surface area contributed by atoms with Crippen molar-refractivity contribution >= 4 is 44.4 Å². The van der Waals surface area contributed by atoms with Gasteiger partial charge in [-0.25, -0.2) is 0 Å². The van der Waals surface area contributed by atoms with Crippen LogP contribution in [-0.2, 0) is 9.53 Å². The molecule has 3 rings (SSSR count). The van der Waals surface area contributed by atoms with Crippen LogP contribution in [0.2, 0.25) is 0 Å². The van der Waals surface area contributed by atoms with E-state index in [-0.39, 0.29) is 5.91 Å². The monoisotopic (exact) mass is 456 g/mol. The average Bonchev–Trinajstić information content (AvgIpc) is 3.11. The van der Waals surface area contributed by atoms with Crippen molar-refractivity contribution in [2.24, 2.45) is 0 Å². The Morgan fingerprint density at radius 1 is 1.33 bits per heavy atom. The Bertz CT molecular complexity index is 944. The summed E-state index contributed by atoms with van der Waals surface area (Å²) in [4.78, 5) is 29.4. The largest absolute Gasteiger partial charge is 0.422 e. The fourth-order valence-corrected chi connectivity index (χ4v) is 5.48. The molecule has 0 saturated carbocycles. The number of nitrogens with zero attached hydrogens (tertiary/aromatic N) is 2. The van der Waals surface area contributed by atoms with Crippen molar-refractivity contribution in [3.05, 3.63) is 23.1 Å². The molecule has 1 saturated heterocycles. The lowest BCUT2D eigenvalue weighted by atomic mass is 9.98. The van der Waals surface area contributed by atoms with Gasteiger partial charge >= 0.3 is 5.13 Å². The highest BCUT2D eigenvalue weighted by molar-refractivity contribution is 8.00. The molecule has 11 heteroatoms. The molecular weight excluding hydrogens is 430 g/mol. The number of nitroso groups, excluding NO2 is 1.